The van der Waals surface area contributed by atoms with Gasteiger partial charge in [0.05, 0.1) is 5.56 Å². The van der Waals surface area contributed by atoms with Gasteiger partial charge in [0.2, 0.25) is 0 Å². The summed E-state index contributed by atoms with van der Waals surface area (Å²) in [5, 5.41) is 2.86. The minimum absolute atomic E-state index is 0.0305. The molecule has 3 rings (SSSR count). The molecule has 0 unspecified atom stereocenters. The van der Waals surface area contributed by atoms with Crippen molar-refractivity contribution >= 4 is 5.91 Å². The lowest BCUT2D eigenvalue weighted by molar-refractivity contribution is -0.0501. The molecule has 26 heavy (non-hydrogen) atoms. The molecule has 0 saturated heterocycles. The number of rotatable bonds is 6. The van der Waals surface area contributed by atoms with Crippen molar-refractivity contribution in [3.63, 3.8) is 0 Å². The standard InChI is InChI=1S/C19H17F2N3O2/c1-24-12-11-22-17(24)16(13-7-3-2-4-8-13)23-18(25)14-9-5-6-10-15(14)26-19(20)21/h2-12,16,19H,1H3,(H,23,25)/t16-/m0/s1. The third-order valence-electron chi connectivity index (χ3n) is 3.87. The highest BCUT2D eigenvalue weighted by Crippen LogP contribution is 2.24. The predicted molar refractivity (Wildman–Crippen MR) is 92.0 cm³/mol. The summed E-state index contributed by atoms with van der Waals surface area (Å²) in [4.78, 5) is 17.1. The molecule has 0 aliphatic heterocycles. The Hall–Kier alpha value is -3.22. The summed E-state index contributed by atoms with van der Waals surface area (Å²) in [5.74, 6) is -0.0819. The molecule has 5 nitrogen and oxygen atoms in total. The van der Waals surface area contributed by atoms with Crippen molar-refractivity contribution in [2.24, 2.45) is 7.05 Å². The summed E-state index contributed by atoms with van der Waals surface area (Å²) in [6.07, 6.45) is 3.40. The molecule has 0 aliphatic rings. The summed E-state index contributed by atoms with van der Waals surface area (Å²) in [5.41, 5.74) is 0.852. The number of benzene rings is 2. The SMILES string of the molecule is Cn1ccnc1[C@@H](NC(=O)c1ccccc1OC(F)F)c1ccccc1. The van der Waals surface area contributed by atoms with Gasteiger partial charge in [0.25, 0.3) is 5.91 Å². The highest BCUT2D eigenvalue weighted by Gasteiger charge is 2.23. The Morgan fingerprint density at radius 1 is 1.12 bits per heavy atom. The monoisotopic (exact) mass is 357 g/mol. The number of alkyl halides is 2. The van der Waals surface area contributed by atoms with Crippen LogP contribution in [0.5, 0.6) is 5.75 Å². The fraction of sp³-hybridized carbons (Fsp3) is 0.158. The van der Waals surface area contributed by atoms with E-state index in [9.17, 15) is 13.6 Å². The average Bonchev–Trinajstić information content (AvgIpc) is 3.06. The Morgan fingerprint density at radius 3 is 2.46 bits per heavy atom. The van der Waals surface area contributed by atoms with Crippen LogP contribution in [0.1, 0.15) is 27.8 Å². The fourth-order valence-corrected chi connectivity index (χ4v) is 2.66. The number of hydrogen-bond donors (Lipinski definition) is 1. The zero-order valence-corrected chi connectivity index (χ0v) is 14.0. The minimum Gasteiger partial charge on any atom is -0.434 e. The number of carbonyl (C=O) groups excluding carboxylic acids is 1. The highest BCUT2D eigenvalue weighted by atomic mass is 19.3. The second-order valence-electron chi connectivity index (χ2n) is 5.59. The van der Waals surface area contributed by atoms with E-state index in [1.165, 1.54) is 18.2 Å². The molecule has 1 heterocycles. The van der Waals surface area contributed by atoms with E-state index in [0.717, 1.165) is 5.56 Å². The van der Waals surface area contributed by atoms with Crippen molar-refractivity contribution < 1.29 is 18.3 Å². The number of aryl methyl sites for hydroxylation is 1. The van der Waals surface area contributed by atoms with Crippen LogP contribution >= 0.6 is 0 Å². The molecular weight excluding hydrogens is 340 g/mol. The predicted octanol–water partition coefficient (Wildman–Crippen LogP) is 3.54. The van der Waals surface area contributed by atoms with Crippen LogP contribution < -0.4 is 10.1 Å². The molecule has 1 amide bonds. The molecule has 134 valence electrons. The molecule has 3 aromatic rings. The first-order chi connectivity index (χ1) is 12.6. The number of carbonyl (C=O) groups is 1. The van der Waals surface area contributed by atoms with Gasteiger partial charge in [0.1, 0.15) is 17.6 Å². The molecule has 2 aromatic carbocycles. The van der Waals surface area contributed by atoms with E-state index in [1.54, 1.807) is 23.0 Å². The summed E-state index contributed by atoms with van der Waals surface area (Å²) >= 11 is 0. The van der Waals surface area contributed by atoms with Crippen molar-refractivity contribution in [3.05, 3.63) is 83.9 Å². The first kappa shape index (κ1) is 17.6. The molecule has 0 fully saturated rings. The van der Waals surface area contributed by atoms with Crippen molar-refractivity contribution in [1.82, 2.24) is 14.9 Å². The summed E-state index contributed by atoms with van der Waals surface area (Å²) in [6, 6.07) is 14.6. The maximum atomic E-state index is 12.8. The smallest absolute Gasteiger partial charge is 0.387 e. The van der Waals surface area contributed by atoms with Crippen molar-refractivity contribution in [2.75, 3.05) is 0 Å². The number of imidazole rings is 1. The largest absolute Gasteiger partial charge is 0.434 e. The van der Waals surface area contributed by atoms with Gasteiger partial charge in [-0.1, -0.05) is 42.5 Å². The van der Waals surface area contributed by atoms with Gasteiger partial charge in [-0.05, 0) is 17.7 Å². The number of halogens is 2. The topological polar surface area (TPSA) is 56.2 Å². The lowest BCUT2D eigenvalue weighted by atomic mass is 10.1. The molecule has 0 saturated carbocycles. The van der Waals surface area contributed by atoms with Gasteiger partial charge >= 0.3 is 6.61 Å². The lowest BCUT2D eigenvalue weighted by Crippen LogP contribution is -2.31. The fourth-order valence-electron chi connectivity index (χ4n) is 2.66. The lowest BCUT2D eigenvalue weighted by Gasteiger charge is -2.20. The maximum absolute atomic E-state index is 12.8. The molecule has 1 aromatic heterocycles. The number of nitrogens with zero attached hydrogens (tertiary/aromatic N) is 2. The van der Waals surface area contributed by atoms with Gasteiger partial charge in [0, 0.05) is 19.4 Å². The molecule has 0 radical (unpaired) electrons. The van der Waals surface area contributed by atoms with E-state index in [2.05, 4.69) is 15.0 Å². The quantitative estimate of drug-likeness (QED) is 0.734. The summed E-state index contributed by atoms with van der Waals surface area (Å²) < 4.78 is 31.4. The van der Waals surface area contributed by atoms with E-state index in [-0.39, 0.29) is 11.3 Å². The number of para-hydroxylation sites is 1. The normalized spacial score (nSPS) is 12.0. The highest BCUT2D eigenvalue weighted by molar-refractivity contribution is 5.97. The zero-order valence-electron chi connectivity index (χ0n) is 14.0. The Kier molecular flexibility index (Phi) is 5.26. The van der Waals surface area contributed by atoms with Crippen LogP contribution in [-0.2, 0) is 7.05 Å². The molecule has 1 atom stereocenters. The first-order valence-electron chi connectivity index (χ1n) is 7.93. The summed E-state index contributed by atoms with van der Waals surface area (Å²) in [6.45, 7) is -3.01. The Bertz CT molecular complexity index is 881. The Morgan fingerprint density at radius 2 is 1.81 bits per heavy atom. The van der Waals surface area contributed by atoms with Crippen molar-refractivity contribution in [2.45, 2.75) is 12.7 Å². The Balaban J connectivity index is 1.93. The van der Waals surface area contributed by atoms with Gasteiger partial charge in [-0.2, -0.15) is 8.78 Å². The van der Waals surface area contributed by atoms with Gasteiger partial charge in [-0.3, -0.25) is 4.79 Å². The van der Waals surface area contributed by atoms with Crippen molar-refractivity contribution in [1.29, 1.82) is 0 Å². The van der Waals surface area contributed by atoms with Gasteiger partial charge < -0.3 is 14.6 Å². The van der Waals surface area contributed by atoms with E-state index in [1.807, 2.05) is 37.4 Å². The third kappa shape index (κ3) is 3.88. The van der Waals surface area contributed by atoms with E-state index < -0.39 is 18.6 Å². The number of hydrogen-bond acceptors (Lipinski definition) is 3. The van der Waals surface area contributed by atoms with Gasteiger partial charge in [0.15, 0.2) is 0 Å². The molecular formula is C19H17F2N3O2. The second-order valence-corrected chi connectivity index (χ2v) is 5.59. The number of amides is 1. The maximum Gasteiger partial charge on any atom is 0.387 e. The number of nitrogens with one attached hydrogen (secondary N) is 1. The second kappa shape index (κ2) is 7.77. The molecule has 0 bridgehead atoms. The number of aromatic nitrogens is 2. The van der Waals surface area contributed by atoms with Crippen LogP contribution in [0.25, 0.3) is 0 Å². The Labute approximate surface area is 149 Å². The van der Waals surface area contributed by atoms with Crippen LogP contribution in [0.15, 0.2) is 67.0 Å². The molecule has 0 spiro atoms. The first-order valence-corrected chi connectivity index (χ1v) is 7.93. The third-order valence-corrected chi connectivity index (χ3v) is 3.87. The van der Waals surface area contributed by atoms with E-state index in [4.69, 9.17) is 0 Å². The molecule has 7 heteroatoms. The van der Waals surface area contributed by atoms with Gasteiger partial charge in [-0.25, -0.2) is 4.98 Å². The van der Waals surface area contributed by atoms with E-state index in [0.29, 0.717) is 5.82 Å². The van der Waals surface area contributed by atoms with Crippen molar-refractivity contribution in [3.8, 4) is 5.75 Å². The van der Waals surface area contributed by atoms with Crippen LogP contribution in [0.3, 0.4) is 0 Å². The number of ether oxygens (including phenoxy) is 1. The van der Waals surface area contributed by atoms with Crippen LogP contribution in [0.2, 0.25) is 0 Å². The van der Waals surface area contributed by atoms with Crippen LogP contribution in [0, 0.1) is 0 Å². The van der Waals surface area contributed by atoms with Gasteiger partial charge in [-0.15, -0.1) is 0 Å². The summed E-state index contributed by atoms with van der Waals surface area (Å²) in [7, 11) is 1.82. The van der Waals surface area contributed by atoms with E-state index >= 15 is 0 Å². The minimum atomic E-state index is -3.01. The molecule has 0 aliphatic carbocycles. The molecule has 1 N–H and O–H groups in total. The van der Waals surface area contributed by atoms with Crippen LogP contribution in [0.4, 0.5) is 8.78 Å². The van der Waals surface area contributed by atoms with Crippen LogP contribution in [-0.4, -0.2) is 22.1 Å². The zero-order chi connectivity index (χ0) is 18.5. The average molecular weight is 357 g/mol.